The van der Waals surface area contributed by atoms with Crippen molar-refractivity contribution in [2.45, 2.75) is 39.2 Å². The summed E-state index contributed by atoms with van der Waals surface area (Å²) in [6.45, 7) is 6.92. The molecule has 0 radical (unpaired) electrons. The van der Waals surface area contributed by atoms with Gasteiger partial charge in [0, 0.05) is 38.3 Å². The van der Waals surface area contributed by atoms with Crippen LogP contribution in [0.15, 0.2) is 29.1 Å². The highest BCUT2D eigenvalue weighted by atomic mass is 16.1. The van der Waals surface area contributed by atoms with Crippen LogP contribution in [-0.4, -0.2) is 41.0 Å². The van der Waals surface area contributed by atoms with Crippen LogP contribution < -0.4 is 10.5 Å². The number of nitrogens with one attached hydrogen (secondary N) is 1. The molecule has 0 unspecified atom stereocenters. The molecule has 4 rings (SSSR count). The minimum atomic E-state index is 0.0711. The van der Waals surface area contributed by atoms with Gasteiger partial charge in [0.05, 0.1) is 5.69 Å². The smallest absolute Gasteiger partial charge is 0.255 e. The van der Waals surface area contributed by atoms with Crippen molar-refractivity contribution in [2.24, 2.45) is 0 Å². The molecule has 1 N–H and O–H groups in total. The second-order valence-electron chi connectivity index (χ2n) is 7.27. The summed E-state index contributed by atoms with van der Waals surface area (Å²) < 4.78 is 0. The number of fused-ring (bicyclic) bond motifs is 1. The Morgan fingerprint density at radius 3 is 2.52 bits per heavy atom. The molecule has 0 bridgehead atoms. The summed E-state index contributed by atoms with van der Waals surface area (Å²) in [5.74, 6) is 0.764. The number of aromatic amines is 1. The summed E-state index contributed by atoms with van der Waals surface area (Å²) in [7, 11) is 0. The van der Waals surface area contributed by atoms with Crippen molar-refractivity contribution >= 4 is 5.95 Å². The first kappa shape index (κ1) is 16.3. The molecule has 25 heavy (non-hydrogen) atoms. The van der Waals surface area contributed by atoms with E-state index in [2.05, 4.69) is 46.0 Å². The van der Waals surface area contributed by atoms with Gasteiger partial charge >= 0.3 is 0 Å². The van der Waals surface area contributed by atoms with E-state index in [1.807, 2.05) is 0 Å². The highest BCUT2D eigenvalue weighted by Gasteiger charge is 2.22. The van der Waals surface area contributed by atoms with Crippen molar-refractivity contribution < 1.29 is 0 Å². The van der Waals surface area contributed by atoms with Gasteiger partial charge in [0.1, 0.15) is 0 Å². The third kappa shape index (κ3) is 3.61. The summed E-state index contributed by atoms with van der Waals surface area (Å²) in [5.41, 5.74) is 4.66. The number of aromatic nitrogens is 2. The van der Waals surface area contributed by atoms with Crippen LogP contribution in [0.3, 0.4) is 0 Å². The van der Waals surface area contributed by atoms with Gasteiger partial charge in [0.25, 0.3) is 5.56 Å². The number of H-pyrrole nitrogens is 1. The van der Waals surface area contributed by atoms with Crippen LogP contribution in [0, 0.1) is 6.92 Å². The summed E-state index contributed by atoms with van der Waals surface area (Å²) in [6.07, 6.45) is 4.07. The fourth-order valence-corrected chi connectivity index (χ4v) is 3.81. The molecule has 2 aromatic rings. The number of hydrogen-bond acceptors (Lipinski definition) is 4. The zero-order valence-electron chi connectivity index (χ0n) is 14.9. The van der Waals surface area contributed by atoms with Crippen LogP contribution >= 0.6 is 0 Å². The molecule has 1 aromatic heterocycles. The first-order valence-corrected chi connectivity index (χ1v) is 9.34. The summed E-state index contributed by atoms with van der Waals surface area (Å²) >= 11 is 0. The molecule has 2 aliphatic rings. The average Bonchev–Trinajstić information content (AvgIpc) is 2.64. The van der Waals surface area contributed by atoms with Crippen molar-refractivity contribution in [3.63, 3.8) is 0 Å². The van der Waals surface area contributed by atoms with E-state index < -0.39 is 0 Å². The maximum Gasteiger partial charge on any atom is 0.255 e. The van der Waals surface area contributed by atoms with Gasteiger partial charge in [0.2, 0.25) is 5.95 Å². The molecule has 1 aliphatic carbocycles. The molecular formula is C20H26N4O. The van der Waals surface area contributed by atoms with Gasteiger partial charge < -0.3 is 4.90 Å². The number of benzene rings is 1. The Hall–Kier alpha value is -2.14. The zero-order valence-corrected chi connectivity index (χ0v) is 14.9. The fourth-order valence-electron chi connectivity index (χ4n) is 3.81. The molecule has 1 aliphatic heterocycles. The average molecular weight is 338 g/mol. The van der Waals surface area contributed by atoms with Crippen molar-refractivity contribution in [1.82, 2.24) is 14.9 Å². The van der Waals surface area contributed by atoms with E-state index >= 15 is 0 Å². The molecule has 0 amide bonds. The van der Waals surface area contributed by atoms with Crippen LogP contribution in [0.4, 0.5) is 5.95 Å². The predicted octanol–water partition coefficient (Wildman–Crippen LogP) is 2.28. The molecule has 5 heteroatoms. The van der Waals surface area contributed by atoms with Crippen LogP contribution in [0.2, 0.25) is 0 Å². The van der Waals surface area contributed by atoms with Crippen LogP contribution in [-0.2, 0) is 19.4 Å². The second kappa shape index (κ2) is 7.00. The molecule has 1 saturated heterocycles. The van der Waals surface area contributed by atoms with Gasteiger partial charge in [-0.2, -0.15) is 0 Å². The number of piperazine rings is 1. The standard InChI is InChI=1S/C20H26N4O/c1-15-6-8-16(9-7-15)14-23-10-12-24(13-11-23)20-21-18-5-3-2-4-17(18)19(25)22-20/h6-9H,2-5,10-14H2,1H3,(H,21,22,25). The topological polar surface area (TPSA) is 52.2 Å². The maximum atomic E-state index is 12.3. The Balaban J connectivity index is 1.41. The van der Waals surface area contributed by atoms with Gasteiger partial charge in [0.15, 0.2) is 0 Å². The Labute approximate surface area is 148 Å². The highest BCUT2D eigenvalue weighted by Crippen LogP contribution is 2.19. The summed E-state index contributed by atoms with van der Waals surface area (Å²) in [6, 6.07) is 8.77. The summed E-state index contributed by atoms with van der Waals surface area (Å²) in [5, 5.41) is 0. The van der Waals surface area contributed by atoms with Gasteiger partial charge in [-0.15, -0.1) is 0 Å². The lowest BCUT2D eigenvalue weighted by atomic mass is 9.97. The normalized spacial score (nSPS) is 18.2. The third-order valence-corrected chi connectivity index (χ3v) is 5.38. The Morgan fingerprint density at radius 2 is 1.76 bits per heavy atom. The number of hydrogen-bond donors (Lipinski definition) is 1. The molecule has 5 nitrogen and oxygen atoms in total. The summed E-state index contributed by atoms with van der Waals surface area (Å²) in [4.78, 5) is 24.8. The van der Waals surface area contributed by atoms with Gasteiger partial charge in [-0.3, -0.25) is 14.7 Å². The first-order valence-electron chi connectivity index (χ1n) is 9.34. The van der Waals surface area contributed by atoms with Gasteiger partial charge in [-0.1, -0.05) is 29.8 Å². The molecule has 1 aromatic carbocycles. The minimum absolute atomic E-state index is 0.0711. The van der Waals surface area contributed by atoms with Crippen LogP contribution in [0.25, 0.3) is 0 Å². The van der Waals surface area contributed by atoms with Crippen LogP contribution in [0.1, 0.15) is 35.2 Å². The number of nitrogens with zero attached hydrogens (tertiary/aromatic N) is 3. The molecule has 2 heterocycles. The van der Waals surface area contributed by atoms with E-state index in [4.69, 9.17) is 4.98 Å². The molecular weight excluding hydrogens is 312 g/mol. The molecule has 0 spiro atoms. The van der Waals surface area contributed by atoms with E-state index in [1.165, 1.54) is 11.1 Å². The fraction of sp³-hybridized carbons (Fsp3) is 0.500. The molecule has 132 valence electrons. The maximum absolute atomic E-state index is 12.3. The van der Waals surface area contributed by atoms with Gasteiger partial charge in [-0.25, -0.2) is 4.98 Å². The van der Waals surface area contributed by atoms with E-state index in [0.717, 1.165) is 75.6 Å². The van der Waals surface area contributed by atoms with E-state index in [0.29, 0.717) is 0 Å². The first-order chi connectivity index (χ1) is 12.2. The lowest BCUT2D eigenvalue weighted by Gasteiger charge is -2.35. The largest absolute Gasteiger partial charge is 0.340 e. The number of anilines is 1. The van der Waals surface area contributed by atoms with Crippen molar-refractivity contribution in [3.8, 4) is 0 Å². The van der Waals surface area contributed by atoms with E-state index in [-0.39, 0.29) is 5.56 Å². The molecule has 0 atom stereocenters. The molecule has 0 saturated carbocycles. The quantitative estimate of drug-likeness (QED) is 0.933. The monoisotopic (exact) mass is 338 g/mol. The van der Waals surface area contributed by atoms with Gasteiger partial charge in [-0.05, 0) is 38.2 Å². The van der Waals surface area contributed by atoms with E-state index in [9.17, 15) is 4.79 Å². The van der Waals surface area contributed by atoms with Crippen molar-refractivity contribution in [1.29, 1.82) is 0 Å². The highest BCUT2D eigenvalue weighted by molar-refractivity contribution is 5.35. The Kier molecular flexibility index (Phi) is 4.57. The molecule has 1 fully saturated rings. The van der Waals surface area contributed by atoms with Crippen LogP contribution in [0.5, 0.6) is 0 Å². The van der Waals surface area contributed by atoms with Crippen molar-refractivity contribution in [2.75, 3.05) is 31.1 Å². The Bertz CT molecular complexity index is 788. The number of aryl methyl sites for hydroxylation is 2. The lowest BCUT2D eigenvalue weighted by molar-refractivity contribution is 0.248. The van der Waals surface area contributed by atoms with Crippen molar-refractivity contribution in [3.05, 3.63) is 57.0 Å². The van der Waals surface area contributed by atoms with E-state index in [1.54, 1.807) is 0 Å². The number of rotatable bonds is 3. The third-order valence-electron chi connectivity index (χ3n) is 5.38. The minimum Gasteiger partial charge on any atom is -0.340 e. The Morgan fingerprint density at radius 1 is 1.04 bits per heavy atom. The second-order valence-corrected chi connectivity index (χ2v) is 7.27. The predicted molar refractivity (Wildman–Crippen MR) is 100 cm³/mol. The lowest BCUT2D eigenvalue weighted by Crippen LogP contribution is -2.47. The zero-order chi connectivity index (χ0) is 17.2. The SMILES string of the molecule is Cc1ccc(CN2CCN(c3nc4c(c(=O)[nH]3)CCCC4)CC2)cc1.